The van der Waals surface area contributed by atoms with Gasteiger partial charge in [0.2, 0.25) is 0 Å². The van der Waals surface area contributed by atoms with Crippen molar-refractivity contribution in [3.05, 3.63) is 95.8 Å². The van der Waals surface area contributed by atoms with E-state index in [2.05, 4.69) is 24.0 Å². The first-order valence-electron chi connectivity index (χ1n) is 12.0. The van der Waals surface area contributed by atoms with Crippen LogP contribution in [0.25, 0.3) is 16.7 Å². The minimum Gasteiger partial charge on any atom is -0.486 e. The van der Waals surface area contributed by atoms with E-state index in [1.165, 1.54) is 12.1 Å². The molecule has 3 aromatic carbocycles. The van der Waals surface area contributed by atoms with Gasteiger partial charge in [-0.15, -0.1) is 0 Å². The topological polar surface area (TPSA) is 75.6 Å². The lowest BCUT2D eigenvalue weighted by atomic mass is 9.97. The lowest BCUT2D eigenvalue weighted by Crippen LogP contribution is -2.26. The predicted molar refractivity (Wildman–Crippen MR) is 140 cm³/mol. The Hall–Kier alpha value is -3.93. The molecule has 1 amide bonds. The van der Waals surface area contributed by atoms with E-state index < -0.39 is 23.8 Å². The fourth-order valence-corrected chi connectivity index (χ4v) is 3.82. The molecule has 3 rings (SSSR count). The monoisotopic (exact) mass is 489 g/mol. The Morgan fingerprint density at radius 2 is 1.56 bits per heavy atom. The molecule has 6 heteroatoms. The van der Waals surface area contributed by atoms with Crippen LogP contribution in [0.15, 0.2) is 73.3 Å². The van der Waals surface area contributed by atoms with E-state index in [-0.39, 0.29) is 24.4 Å². The van der Waals surface area contributed by atoms with E-state index in [9.17, 15) is 9.59 Å². The second-order valence-corrected chi connectivity index (χ2v) is 9.25. The van der Waals surface area contributed by atoms with Crippen molar-refractivity contribution >= 4 is 17.4 Å². The van der Waals surface area contributed by atoms with Crippen molar-refractivity contribution in [2.45, 2.75) is 39.7 Å². The summed E-state index contributed by atoms with van der Waals surface area (Å²) in [7, 11) is 0. The number of nitrogens with one attached hydrogen (secondary N) is 1. The van der Waals surface area contributed by atoms with E-state index in [4.69, 9.17) is 9.84 Å². The standard InChI is InChI=1S/C30H32FNO4/c1-19(2)17-28(26-14-11-24(18-27(26)31)30(35)32-16-15-29(33)34)36-25-12-9-23(10-13-25)22-7-5-21(6-8-22)20(3)4/h5-14,18-19,28H,3,15-17H2,1-2,4H3,(H,32,35)(H,33,34). The third-order valence-electron chi connectivity index (χ3n) is 5.76. The third kappa shape index (κ3) is 7.28. The summed E-state index contributed by atoms with van der Waals surface area (Å²) in [5.41, 5.74) is 4.73. The highest BCUT2D eigenvalue weighted by Crippen LogP contribution is 2.31. The highest BCUT2D eigenvalue weighted by atomic mass is 19.1. The molecule has 0 fully saturated rings. The molecule has 0 aromatic heterocycles. The average molecular weight is 490 g/mol. The van der Waals surface area contributed by atoms with Crippen LogP contribution in [0.2, 0.25) is 0 Å². The van der Waals surface area contributed by atoms with Crippen LogP contribution in [0.5, 0.6) is 5.75 Å². The average Bonchev–Trinajstić information content (AvgIpc) is 2.83. The van der Waals surface area contributed by atoms with Gasteiger partial charge in [-0.25, -0.2) is 4.39 Å². The number of rotatable bonds is 11. The molecule has 0 radical (unpaired) electrons. The Bertz CT molecular complexity index is 1220. The Balaban J connectivity index is 1.75. The highest BCUT2D eigenvalue weighted by Gasteiger charge is 2.21. The summed E-state index contributed by atoms with van der Waals surface area (Å²) < 4.78 is 21.3. The number of carboxylic acids is 1. The molecule has 36 heavy (non-hydrogen) atoms. The normalized spacial score (nSPS) is 11.7. The number of carbonyl (C=O) groups is 2. The van der Waals surface area contributed by atoms with Gasteiger partial charge in [-0.2, -0.15) is 0 Å². The Morgan fingerprint density at radius 3 is 2.08 bits per heavy atom. The van der Waals surface area contributed by atoms with Crippen LogP contribution in [-0.4, -0.2) is 23.5 Å². The van der Waals surface area contributed by atoms with Gasteiger partial charge >= 0.3 is 5.97 Å². The van der Waals surface area contributed by atoms with Gasteiger partial charge in [-0.1, -0.05) is 68.5 Å². The minimum absolute atomic E-state index is 0.0232. The molecule has 5 nitrogen and oxygen atoms in total. The maximum absolute atomic E-state index is 15.1. The molecule has 0 bridgehead atoms. The van der Waals surface area contributed by atoms with Crippen molar-refractivity contribution in [2.75, 3.05) is 6.54 Å². The summed E-state index contributed by atoms with van der Waals surface area (Å²) in [6, 6.07) is 20.1. The lowest BCUT2D eigenvalue weighted by molar-refractivity contribution is -0.136. The van der Waals surface area contributed by atoms with Crippen molar-refractivity contribution in [3.63, 3.8) is 0 Å². The Morgan fingerprint density at radius 1 is 0.972 bits per heavy atom. The minimum atomic E-state index is -1.01. The van der Waals surface area contributed by atoms with Gasteiger partial charge in [-0.05, 0) is 60.2 Å². The van der Waals surface area contributed by atoms with Crippen LogP contribution >= 0.6 is 0 Å². The number of hydrogen-bond donors (Lipinski definition) is 2. The lowest BCUT2D eigenvalue weighted by Gasteiger charge is -2.22. The highest BCUT2D eigenvalue weighted by molar-refractivity contribution is 5.94. The fourth-order valence-electron chi connectivity index (χ4n) is 3.82. The van der Waals surface area contributed by atoms with Crippen molar-refractivity contribution in [1.82, 2.24) is 5.32 Å². The van der Waals surface area contributed by atoms with Gasteiger partial charge < -0.3 is 15.2 Å². The maximum atomic E-state index is 15.1. The Kier molecular flexibility index (Phi) is 9.01. The molecule has 1 atom stereocenters. The molecule has 0 spiro atoms. The van der Waals surface area contributed by atoms with Gasteiger partial charge in [-0.3, -0.25) is 9.59 Å². The number of amides is 1. The van der Waals surface area contributed by atoms with Crippen LogP contribution in [-0.2, 0) is 4.79 Å². The molecule has 0 aliphatic heterocycles. The zero-order valence-electron chi connectivity index (χ0n) is 20.9. The molecular formula is C30H32FNO4. The van der Waals surface area contributed by atoms with E-state index in [0.29, 0.717) is 17.7 Å². The number of carbonyl (C=O) groups excluding carboxylic acids is 1. The molecule has 2 N–H and O–H groups in total. The van der Waals surface area contributed by atoms with Crippen LogP contribution in [0, 0.1) is 11.7 Å². The van der Waals surface area contributed by atoms with Crippen LogP contribution in [0.3, 0.4) is 0 Å². The first-order valence-corrected chi connectivity index (χ1v) is 12.0. The largest absolute Gasteiger partial charge is 0.486 e. The first kappa shape index (κ1) is 26.7. The van der Waals surface area contributed by atoms with Crippen molar-refractivity contribution in [3.8, 4) is 16.9 Å². The maximum Gasteiger partial charge on any atom is 0.305 e. The molecular weight excluding hydrogens is 457 g/mol. The van der Waals surface area contributed by atoms with E-state index >= 15 is 4.39 Å². The summed E-state index contributed by atoms with van der Waals surface area (Å²) in [5, 5.41) is 11.2. The fraction of sp³-hybridized carbons (Fsp3) is 0.267. The number of aliphatic carboxylic acids is 1. The van der Waals surface area contributed by atoms with Gasteiger partial charge in [0.1, 0.15) is 17.7 Å². The second-order valence-electron chi connectivity index (χ2n) is 9.25. The van der Waals surface area contributed by atoms with E-state index in [1.54, 1.807) is 6.07 Å². The number of halogens is 1. The summed E-state index contributed by atoms with van der Waals surface area (Å²) in [4.78, 5) is 22.8. The molecule has 0 saturated carbocycles. The molecule has 1 unspecified atom stereocenters. The van der Waals surface area contributed by atoms with Crippen LogP contribution < -0.4 is 10.1 Å². The number of hydrogen-bond acceptors (Lipinski definition) is 3. The molecule has 0 aliphatic carbocycles. The number of allylic oxidation sites excluding steroid dienone is 1. The SMILES string of the molecule is C=C(C)c1ccc(-c2ccc(OC(CC(C)C)c3ccc(C(=O)NCCC(=O)O)cc3F)cc2)cc1. The third-order valence-corrected chi connectivity index (χ3v) is 5.76. The summed E-state index contributed by atoms with van der Waals surface area (Å²) in [6.45, 7) is 9.99. The van der Waals surface area contributed by atoms with Gasteiger partial charge in [0, 0.05) is 17.7 Å². The zero-order chi connectivity index (χ0) is 26.2. The smallest absolute Gasteiger partial charge is 0.305 e. The second kappa shape index (κ2) is 12.2. The quantitative estimate of drug-likeness (QED) is 0.307. The predicted octanol–water partition coefficient (Wildman–Crippen LogP) is 6.90. The van der Waals surface area contributed by atoms with Gasteiger partial charge in [0.25, 0.3) is 5.91 Å². The first-order chi connectivity index (χ1) is 17.1. The zero-order valence-corrected chi connectivity index (χ0v) is 20.9. The molecule has 0 saturated heterocycles. The number of ether oxygens (including phenoxy) is 1. The van der Waals surface area contributed by atoms with Crippen LogP contribution in [0.4, 0.5) is 4.39 Å². The van der Waals surface area contributed by atoms with E-state index in [1.807, 2.05) is 57.2 Å². The number of carboxylic acid groups (broad SMARTS) is 1. The van der Waals surface area contributed by atoms with Crippen molar-refractivity contribution in [1.29, 1.82) is 0 Å². The molecule has 0 aliphatic rings. The molecule has 3 aromatic rings. The van der Waals surface area contributed by atoms with E-state index in [0.717, 1.165) is 22.3 Å². The Labute approximate surface area is 211 Å². The summed E-state index contributed by atoms with van der Waals surface area (Å²) in [5.74, 6) is -1.20. The summed E-state index contributed by atoms with van der Waals surface area (Å²) >= 11 is 0. The molecule has 0 heterocycles. The number of benzene rings is 3. The van der Waals surface area contributed by atoms with Crippen molar-refractivity contribution in [2.24, 2.45) is 5.92 Å². The van der Waals surface area contributed by atoms with Crippen LogP contribution in [0.1, 0.15) is 61.2 Å². The molecule has 188 valence electrons. The van der Waals surface area contributed by atoms with Crippen molar-refractivity contribution < 1.29 is 23.8 Å². The summed E-state index contributed by atoms with van der Waals surface area (Å²) in [6.07, 6.45) is -0.143. The van der Waals surface area contributed by atoms with Gasteiger partial charge in [0.15, 0.2) is 0 Å². The van der Waals surface area contributed by atoms with Gasteiger partial charge in [0.05, 0.1) is 6.42 Å².